The molecule has 2 aromatic heterocycles. The molecule has 0 aliphatic heterocycles. The molecule has 0 atom stereocenters. The van der Waals surface area contributed by atoms with Crippen molar-refractivity contribution in [3.05, 3.63) is 42.2 Å². The minimum atomic E-state index is 0.236. The third kappa shape index (κ3) is 2.01. The van der Waals surface area contributed by atoms with E-state index < -0.39 is 0 Å². The first-order chi connectivity index (χ1) is 9.16. The maximum Gasteiger partial charge on any atom is 0.130 e. The second-order valence-corrected chi connectivity index (χ2v) is 5.01. The van der Waals surface area contributed by atoms with E-state index in [2.05, 4.69) is 34.8 Å². The molecule has 1 aromatic carbocycles. The van der Waals surface area contributed by atoms with Gasteiger partial charge in [0.2, 0.25) is 0 Å². The highest BCUT2D eigenvalue weighted by Crippen LogP contribution is 2.28. The number of carbonyl (C=O) groups excluding carboxylic acids is 1. The Morgan fingerprint density at radius 1 is 1.21 bits per heavy atom. The van der Waals surface area contributed by atoms with Gasteiger partial charge in [-0.2, -0.15) is 0 Å². The molecule has 0 unspecified atom stereocenters. The summed E-state index contributed by atoms with van der Waals surface area (Å²) in [6.45, 7) is 1.64. The van der Waals surface area contributed by atoms with Crippen molar-refractivity contribution in [2.75, 3.05) is 0 Å². The largest absolute Gasteiger partial charge is 0.344 e. The average Bonchev–Trinajstić information content (AvgIpc) is 2.71. The van der Waals surface area contributed by atoms with E-state index in [1.165, 1.54) is 27.4 Å². The van der Waals surface area contributed by atoms with Crippen molar-refractivity contribution in [3.63, 3.8) is 0 Å². The molecule has 3 aromatic rings. The monoisotopic (exact) mass is 252 g/mol. The zero-order valence-electron chi connectivity index (χ0n) is 11.2. The summed E-state index contributed by atoms with van der Waals surface area (Å²) in [4.78, 5) is 15.3. The molecule has 0 radical (unpaired) electrons. The van der Waals surface area contributed by atoms with Crippen molar-refractivity contribution >= 4 is 27.6 Å². The summed E-state index contributed by atoms with van der Waals surface area (Å²) in [5, 5.41) is 2.39. The molecule has 3 heteroatoms. The third-order valence-corrected chi connectivity index (χ3v) is 3.64. The van der Waals surface area contributed by atoms with Crippen molar-refractivity contribution in [2.24, 2.45) is 7.05 Å². The number of fused-ring (bicyclic) bond motifs is 3. The molecule has 0 N–H and O–H groups in total. The molecule has 0 amide bonds. The van der Waals surface area contributed by atoms with Gasteiger partial charge >= 0.3 is 0 Å². The fraction of sp³-hybridized carbons (Fsp3) is 0.250. The van der Waals surface area contributed by atoms with Crippen molar-refractivity contribution in [3.8, 4) is 0 Å². The summed E-state index contributed by atoms with van der Waals surface area (Å²) >= 11 is 0. The zero-order valence-corrected chi connectivity index (χ0v) is 11.2. The van der Waals surface area contributed by atoms with E-state index in [0.717, 1.165) is 6.42 Å². The summed E-state index contributed by atoms with van der Waals surface area (Å²) in [5.41, 5.74) is 3.60. The molecule has 0 bridgehead atoms. The van der Waals surface area contributed by atoms with Gasteiger partial charge < -0.3 is 9.36 Å². The highest BCUT2D eigenvalue weighted by molar-refractivity contribution is 6.07. The van der Waals surface area contributed by atoms with Crippen LogP contribution in [-0.2, 0) is 18.3 Å². The lowest BCUT2D eigenvalue weighted by atomic mass is 10.1. The summed E-state index contributed by atoms with van der Waals surface area (Å²) in [7, 11) is 2.07. The normalized spacial score (nSPS) is 11.3. The Labute approximate surface area is 111 Å². The molecule has 0 aliphatic carbocycles. The number of nitrogens with zero attached hydrogens (tertiary/aromatic N) is 2. The number of ketones is 1. The minimum Gasteiger partial charge on any atom is -0.344 e. The molecule has 0 saturated heterocycles. The van der Waals surface area contributed by atoms with Gasteiger partial charge in [0.05, 0.1) is 5.52 Å². The second kappa shape index (κ2) is 4.50. The van der Waals surface area contributed by atoms with Crippen LogP contribution in [-0.4, -0.2) is 15.3 Å². The molecule has 19 heavy (non-hydrogen) atoms. The van der Waals surface area contributed by atoms with E-state index in [0.29, 0.717) is 6.42 Å². The van der Waals surface area contributed by atoms with Gasteiger partial charge in [-0.25, -0.2) is 0 Å². The quantitative estimate of drug-likeness (QED) is 0.717. The fourth-order valence-corrected chi connectivity index (χ4v) is 2.58. The Balaban J connectivity index is 2.16. The van der Waals surface area contributed by atoms with E-state index in [4.69, 9.17) is 0 Å². The number of aromatic nitrogens is 2. The molecule has 0 saturated carbocycles. The van der Waals surface area contributed by atoms with Gasteiger partial charge in [-0.05, 0) is 37.1 Å². The van der Waals surface area contributed by atoms with Crippen LogP contribution in [0.2, 0.25) is 0 Å². The van der Waals surface area contributed by atoms with Gasteiger partial charge in [0.15, 0.2) is 0 Å². The number of Topliss-reactive ketones (excluding diaryl/α,β-unsaturated/α-hetero) is 1. The summed E-state index contributed by atoms with van der Waals surface area (Å²) in [5.74, 6) is 0.236. The molecule has 3 nitrogen and oxygen atoms in total. The van der Waals surface area contributed by atoms with E-state index in [-0.39, 0.29) is 5.78 Å². The topological polar surface area (TPSA) is 34.9 Å². The van der Waals surface area contributed by atoms with E-state index in [1.54, 1.807) is 6.92 Å². The van der Waals surface area contributed by atoms with Gasteiger partial charge in [0.25, 0.3) is 0 Å². The first-order valence-electron chi connectivity index (χ1n) is 6.47. The number of hydrogen-bond acceptors (Lipinski definition) is 2. The Bertz CT molecular complexity index is 771. The second-order valence-electron chi connectivity index (χ2n) is 5.01. The maximum atomic E-state index is 11.1. The van der Waals surface area contributed by atoms with Crippen LogP contribution in [0.25, 0.3) is 21.8 Å². The van der Waals surface area contributed by atoms with E-state index in [1.807, 2.05) is 18.5 Å². The average molecular weight is 252 g/mol. The van der Waals surface area contributed by atoms with Gasteiger partial charge in [0.1, 0.15) is 5.78 Å². The summed E-state index contributed by atoms with van der Waals surface area (Å²) < 4.78 is 2.18. The number of aryl methyl sites for hydroxylation is 2. The van der Waals surface area contributed by atoms with Crippen LogP contribution in [0.5, 0.6) is 0 Å². The van der Waals surface area contributed by atoms with Crippen LogP contribution in [0.3, 0.4) is 0 Å². The molecule has 0 fully saturated rings. The van der Waals surface area contributed by atoms with Crippen LogP contribution >= 0.6 is 0 Å². The van der Waals surface area contributed by atoms with Gasteiger partial charge in [0, 0.05) is 42.2 Å². The van der Waals surface area contributed by atoms with E-state index >= 15 is 0 Å². The van der Waals surface area contributed by atoms with Crippen LogP contribution < -0.4 is 0 Å². The first-order valence-corrected chi connectivity index (χ1v) is 6.47. The molecule has 2 heterocycles. The number of rotatable bonds is 3. The lowest BCUT2D eigenvalue weighted by molar-refractivity contribution is -0.116. The maximum absolute atomic E-state index is 11.1. The Kier molecular flexibility index (Phi) is 2.82. The Hall–Kier alpha value is -2.16. The van der Waals surface area contributed by atoms with E-state index in [9.17, 15) is 4.79 Å². The van der Waals surface area contributed by atoms with Crippen molar-refractivity contribution in [1.29, 1.82) is 0 Å². The molecular weight excluding hydrogens is 236 g/mol. The summed E-state index contributed by atoms with van der Waals surface area (Å²) in [6.07, 6.45) is 5.14. The SMILES string of the molecule is CC(=O)CCc1ccc2c(c1)c1cnccc1n2C. The number of carbonyl (C=O) groups is 1. The number of pyridine rings is 1. The fourth-order valence-electron chi connectivity index (χ4n) is 2.58. The molecule has 0 spiro atoms. The smallest absolute Gasteiger partial charge is 0.130 e. The third-order valence-electron chi connectivity index (χ3n) is 3.64. The first kappa shape index (κ1) is 11.9. The predicted octanol–water partition coefficient (Wildman–Crippen LogP) is 3.25. The number of hydrogen-bond donors (Lipinski definition) is 0. The number of benzene rings is 1. The van der Waals surface area contributed by atoms with Crippen molar-refractivity contribution in [1.82, 2.24) is 9.55 Å². The highest BCUT2D eigenvalue weighted by Gasteiger charge is 2.08. The molecule has 3 rings (SSSR count). The van der Waals surface area contributed by atoms with Crippen LogP contribution in [0.15, 0.2) is 36.7 Å². The molecule has 0 aliphatic rings. The Morgan fingerprint density at radius 3 is 2.79 bits per heavy atom. The molecule has 96 valence electrons. The Morgan fingerprint density at radius 2 is 2.00 bits per heavy atom. The minimum absolute atomic E-state index is 0.236. The van der Waals surface area contributed by atoms with Crippen LogP contribution in [0, 0.1) is 0 Å². The highest BCUT2D eigenvalue weighted by atomic mass is 16.1. The summed E-state index contributed by atoms with van der Waals surface area (Å²) in [6, 6.07) is 8.45. The van der Waals surface area contributed by atoms with Crippen LogP contribution in [0.4, 0.5) is 0 Å². The van der Waals surface area contributed by atoms with Gasteiger partial charge in [-0.1, -0.05) is 6.07 Å². The van der Waals surface area contributed by atoms with Gasteiger partial charge in [-0.15, -0.1) is 0 Å². The van der Waals surface area contributed by atoms with Crippen LogP contribution in [0.1, 0.15) is 18.9 Å². The van der Waals surface area contributed by atoms with Crippen molar-refractivity contribution in [2.45, 2.75) is 19.8 Å². The predicted molar refractivity (Wildman–Crippen MR) is 77.2 cm³/mol. The standard InChI is InChI=1S/C16H16N2O/c1-11(19)3-4-12-5-6-15-13(9-12)14-10-17-8-7-16(14)18(15)2/h5-10H,3-4H2,1-2H3. The lowest BCUT2D eigenvalue weighted by Gasteiger charge is -2.01. The van der Waals surface area contributed by atoms with Crippen molar-refractivity contribution < 1.29 is 4.79 Å². The zero-order chi connectivity index (χ0) is 13.4. The molecular formula is C16H16N2O. The lowest BCUT2D eigenvalue weighted by Crippen LogP contribution is -1.94. The van der Waals surface area contributed by atoms with Gasteiger partial charge in [-0.3, -0.25) is 4.98 Å².